The number of fused-ring (bicyclic) bond motifs is 1. The summed E-state index contributed by atoms with van der Waals surface area (Å²) in [6.45, 7) is 3.49. The second-order valence-corrected chi connectivity index (χ2v) is 7.60. The Bertz CT molecular complexity index is 735. The molecule has 1 unspecified atom stereocenters. The highest BCUT2D eigenvalue weighted by Gasteiger charge is 2.30. The lowest BCUT2D eigenvalue weighted by molar-refractivity contribution is 0.0355. The molecule has 2 heterocycles. The maximum absolute atomic E-state index is 11.9. The van der Waals surface area contributed by atoms with Crippen LogP contribution in [-0.2, 0) is 11.2 Å². The van der Waals surface area contributed by atoms with Crippen LogP contribution in [0.3, 0.4) is 0 Å². The van der Waals surface area contributed by atoms with Crippen LogP contribution in [0.1, 0.15) is 53.3 Å². The number of hydrogen-bond donors (Lipinski definition) is 0. The maximum atomic E-state index is 11.9. The normalized spacial score (nSPS) is 20.8. The highest BCUT2D eigenvalue weighted by Crippen LogP contribution is 2.33. The van der Waals surface area contributed by atoms with E-state index in [0.29, 0.717) is 0 Å². The van der Waals surface area contributed by atoms with Crippen molar-refractivity contribution in [2.75, 3.05) is 19.6 Å². The summed E-state index contributed by atoms with van der Waals surface area (Å²) in [4.78, 5) is 14.5. The zero-order valence-corrected chi connectivity index (χ0v) is 15.3. The lowest BCUT2D eigenvalue weighted by Gasteiger charge is -2.32. The predicted octanol–water partition coefficient (Wildman–Crippen LogP) is 4.63. The van der Waals surface area contributed by atoms with Crippen LogP contribution in [0.4, 0.5) is 0 Å². The zero-order valence-electron chi connectivity index (χ0n) is 15.3. The molecule has 0 N–H and O–H groups in total. The monoisotopic (exact) mass is 349 g/mol. The first-order chi connectivity index (χ1) is 12.8. The topological polar surface area (TPSA) is 29.5 Å². The number of carbonyl (C=O) groups excluding carboxylic acids is 1. The summed E-state index contributed by atoms with van der Waals surface area (Å²) in [5, 5.41) is 0. The van der Waals surface area contributed by atoms with Gasteiger partial charge in [-0.05, 0) is 69.3 Å². The highest BCUT2D eigenvalue weighted by molar-refractivity contribution is 5.93. The number of esters is 1. The Hall–Kier alpha value is -2.13. The van der Waals surface area contributed by atoms with Gasteiger partial charge in [-0.1, -0.05) is 48.5 Å². The zero-order chi connectivity index (χ0) is 17.8. The van der Waals surface area contributed by atoms with Crippen LogP contribution in [0.15, 0.2) is 54.6 Å². The molecule has 2 aliphatic heterocycles. The fraction of sp³-hybridized carbons (Fsp3) is 0.435. The fourth-order valence-electron chi connectivity index (χ4n) is 4.30. The van der Waals surface area contributed by atoms with Gasteiger partial charge in [0, 0.05) is 5.56 Å². The lowest BCUT2D eigenvalue weighted by atomic mass is 9.90. The Morgan fingerprint density at radius 1 is 0.962 bits per heavy atom. The average molecular weight is 349 g/mol. The molecule has 0 aliphatic carbocycles. The van der Waals surface area contributed by atoms with Gasteiger partial charge < -0.3 is 9.64 Å². The summed E-state index contributed by atoms with van der Waals surface area (Å²) in [6.07, 6.45) is 5.74. The molecule has 26 heavy (non-hydrogen) atoms. The third-order valence-electron chi connectivity index (χ3n) is 5.79. The van der Waals surface area contributed by atoms with Gasteiger partial charge in [0.1, 0.15) is 6.10 Å². The molecule has 136 valence electrons. The van der Waals surface area contributed by atoms with Gasteiger partial charge in [0.05, 0.1) is 5.56 Å². The Morgan fingerprint density at radius 3 is 2.50 bits per heavy atom. The molecule has 0 aromatic heterocycles. The molecule has 1 atom stereocenters. The van der Waals surface area contributed by atoms with E-state index in [9.17, 15) is 4.79 Å². The Balaban J connectivity index is 1.20. The molecule has 0 bridgehead atoms. The first-order valence-corrected chi connectivity index (χ1v) is 9.86. The summed E-state index contributed by atoms with van der Waals surface area (Å²) < 4.78 is 5.55. The number of piperidine rings is 1. The molecule has 3 heteroatoms. The minimum Gasteiger partial charge on any atom is -0.454 e. The molecule has 0 saturated carbocycles. The van der Waals surface area contributed by atoms with Crippen LogP contribution in [0, 0.1) is 5.92 Å². The largest absolute Gasteiger partial charge is 0.454 e. The number of carbonyl (C=O) groups is 1. The van der Waals surface area contributed by atoms with Crippen molar-refractivity contribution >= 4 is 5.97 Å². The third kappa shape index (κ3) is 3.99. The number of benzene rings is 2. The maximum Gasteiger partial charge on any atom is 0.339 e. The number of ether oxygens (including phenoxy) is 1. The van der Waals surface area contributed by atoms with E-state index in [1.54, 1.807) is 0 Å². The van der Waals surface area contributed by atoms with E-state index in [4.69, 9.17) is 4.74 Å². The molecule has 0 spiro atoms. The van der Waals surface area contributed by atoms with E-state index in [1.165, 1.54) is 37.9 Å². The lowest BCUT2D eigenvalue weighted by Crippen LogP contribution is -2.35. The molecule has 2 aromatic carbocycles. The molecular weight excluding hydrogens is 322 g/mol. The van der Waals surface area contributed by atoms with Crippen LogP contribution in [0.5, 0.6) is 0 Å². The average Bonchev–Trinajstić information content (AvgIpc) is 3.00. The van der Waals surface area contributed by atoms with Crippen molar-refractivity contribution in [3.63, 3.8) is 0 Å². The van der Waals surface area contributed by atoms with E-state index in [2.05, 4.69) is 35.2 Å². The Labute approximate surface area is 156 Å². The van der Waals surface area contributed by atoms with Gasteiger partial charge in [-0.25, -0.2) is 4.79 Å². The van der Waals surface area contributed by atoms with Gasteiger partial charge in [0.2, 0.25) is 0 Å². The number of cyclic esters (lactones) is 1. The van der Waals surface area contributed by atoms with Gasteiger partial charge in [0.15, 0.2) is 0 Å². The summed E-state index contributed by atoms with van der Waals surface area (Å²) in [7, 11) is 0. The van der Waals surface area contributed by atoms with Crippen LogP contribution < -0.4 is 0 Å². The van der Waals surface area contributed by atoms with Crippen molar-refractivity contribution in [2.45, 2.75) is 38.2 Å². The first kappa shape index (κ1) is 17.3. The van der Waals surface area contributed by atoms with Crippen molar-refractivity contribution in [3.05, 3.63) is 71.3 Å². The van der Waals surface area contributed by atoms with Crippen LogP contribution in [0.25, 0.3) is 0 Å². The van der Waals surface area contributed by atoms with Crippen LogP contribution in [0.2, 0.25) is 0 Å². The second-order valence-electron chi connectivity index (χ2n) is 7.60. The molecule has 0 radical (unpaired) electrons. The number of nitrogens with zero attached hydrogens (tertiary/aromatic N) is 1. The fourth-order valence-corrected chi connectivity index (χ4v) is 4.30. The van der Waals surface area contributed by atoms with Crippen LogP contribution >= 0.6 is 0 Å². The Morgan fingerprint density at radius 2 is 1.69 bits per heavy atom. The number of rotatable bonds is 6. The van der Waals surface area contributed by atoms with Crippen LogP contribution in [-0.4, -0.2) is 30.5 Å². The summed E-state index contributed by atoms with van der Waals surface area (Å²) in [5.41, 5.74) is 3.28. The standard InChI is InChI=1S/C23H27NO2/c25-23-21-10-5-4-9-20(21)22(26-23)11-6-14-24-15-12-19(13-16-24)17-18-7-2-1-3-8-18/h1-5,7-10,19,22H,6,11-17H2. The molecular formula is C23H27NO2. The summed E-state index contributed by atoms with van der Waals surface area (Å²) in [5.74, 6) is 0.656. The molecule has 2 aromatic rings. The predicted molar refractivity (Wildman–Crippen MR) is 103 cm³/mol. The van der Waals surface area contributed by atoms with Crippen molar-refractivity contribution in [3.8, 4) is 0 Å². The van der Waals surface area contributed by atoms with Crippen molar-refractivity contribution in [1.82, 2.24) is 4.90 Å². The van der Waals surface area contributed by atoms with Crippen molar-refractivity contribution in [1.29, 1.82) is 0 Å². The van der Waals surface area contributed by atoms with Gasteiger partial charge >= 0.3 is 5.97 Å². The van der Waals surface area contributed by atoms with Gasteiger partial charge in [-0.2, -0.15) is 0 Å². The van der Waals surface area contributed by atoms with E-state index < -0.39 is 0 Å². The molecule has 0 amide bonds. The van der Waals surface area contributed by atoms with Crippen molar-refractivity contribution in [2.24, 2.45) is 5.92 Å². The summed E-state index contributed by atoms with van der Waals surface area (Å²) >= 11 is 0. The van der Waals surface area contributed by atoms with E-state index in [1.807, 2.05) is 24.3 Å². The minimum atomic E-state index is -0.160. The third-order valence-corrected chi connectivity index (χ3v) is 5.79. The smallest absolute Gasteiger partial charge is 0.339 e. The van der Waals surface area contributed by atoms with Gasteiger partial charge in [-0.3, -0.25) is 0 Å². The molecule has 1 saturated heterocycles. The van der Waals surface area contributed by atoms with Crippen molar-refractivity contribution < 1.29 is 9.53 Å². The highest BCUT2D eigenvalue weighted by atomic mass is 16.5. The van der Waals surface area contributed by atoms with E-state index in [-0.39, 0.29) is 12.1 Å². The van der Waals surface area contributed by atoms with E-state index in [0.717, 1.165) is 36.4 Å². The molecule has 4 rings (SSSR count). The minimum absolute atomic E-state index is 0.0469. The van der Waals surface area contributed by atoms with Gasteiger partial charge in [-0.15, -0.1) is 0 Å². The molecule has 3 nitrogen and oxygen atoms in total. The number of hydrogen-bond acceptors (Lipinski definition) is 3. The Kier molecular flexibility index (Phi) is 5.35. The first-order valence-electron chi connectivity index (χ1n) is 9.86. The second kappa shape index (κ2) is 8.05. The quantitative estimate of drug-likeness (QED) is 0.712. The number of likely N-dealkylation sites (tertiary alicyclic amines) is 1. The van der Waals surface area contributed by atoms with Gasteiger partial charge in [0.25, 0.3) is 0 Å². The SMILES string of the molecule is O=C1OC(CCCN2CCC(Cc3ccccc3)CC2)c2ccccc21. The summed E-state index contributed by atoms with van der Waals surface area (Å²) in [6, 6.07) is 18.6. The molecule has 1 fully saturated rings. The molecule has 2 aliphatic rings. The van der Waals surface area contributed by atoms with E-state index >= 15 is 0 Å².